The van der Waals surface area contributed by atoms with E-state index in [0.29, 0.717) is 0 Å². The quantitative estimate of drug-likeness (QED) is 0.658. The molecular weight excluding hydrogens is 202 g/mol. The van der Waals surface area contributed by atoms with Crippen molar-refractivity contribution in [1.82, 2.24) is 0 Å². The zero-order valence-corrected chi connectivity index (χ0v) is 10.0. The highest BCUT2D eigenvalue weighted by Gasteiger charge is 2.15. The molecule has 1 rings (SSSR count). The summed E-state index contributed by atoms with van der Waals surface area (Å²) in [6.07, 6.45) is 8.98. The lowest BCUT2D eigenvalue weighted by Crippen LogP contribution is -2.10. The van der Waals surface area contributed by atoms with Gasteiger partial charge in [0.25, 0.3) is 0 Å². The summed E-state index contributed by atoms with van der Waals surface area (Å²) in [7, 11) is 0. The standard InChI is InChI=1S/C13H17NS/c1-4-7-12-11(6-3)8-9-14-13(12)15-10-5-2/h4-7H,1-2,8-10H2,3H3. The van der Waals surface area contributed by atoms with Crippen molar-refractivity contribution in [1.29, 1.82) is 0 Å². The molecule has 15 heavy (non-hydrogen) atoms. The molecule has 0 radical (unpaired) electrons. The van der Waals surface area contributed by atoms with Gasteiger partial charge in [0, 0.05) is 17.9 Å². The smallest absolute Gasteiger partial charge is 0.0982 e. The fourth-order valence-electron chi connectivity index (χ4n) is 1.49. The fourth-order valence-corrected chi connectivity index (χ4v) is 2.31. The van der Waals surface area contributed by atoms with E-state index < -0.39 is 0 Å². The molecule has 0 aromatic heterocycles. The summed E-state index contributed by atoms with van der Waals surface area (Å²) in [4.78, 5) is 4.54. The first-order chi connectivity index (χ1) is 7.33. The molecule has 0 aliphatic carbocycles. The lowest BCUT2D eigenvalue weighted by atomic mass is 10.0. The van der Waals surface area contributed by atoms with Crippen molar-refractivity contribution in [2.45, 2.75) is 13.3 Å². The molecule has 0 amide bonds. The SMILES string of the molecule is C=CC=C1C(=CC)CCN=C1SCC=C. The average molecular weight is 219 g/mol. The molecule has 0 saturated carbocycles. The number of thioether (sulfide) groups is 1. The van der Waals surface area contributed by atoms with Crippen LogP contribution in [0.2, 0.25) is 0 Å². The van der Waals surface area contributed by atoms with Crippen LogP contribution in [0.25, 0.3) is 0 Å². The molecule has 0 saturated heterocycles. The lowest BCUT2D eigenvalue weighted by Gasteiger charge is -2.18. The van der Waals surface area contributed by atoms with Crippen LogP contribution in [0.5, 0.6) is 0 Å². The first-order valence-electron chi connectivity index (χ1n) is 5.10. The van der Waals surface area contributed by atoms with E-state index in [0.717, 1.165) is 23.8 Å². The van der Waals surface area contributed by atoms with Gasteiger partial charge in [-0.25, -0.2) is 0 Å². The van der Waals surface area contributed by atoms with Crippen LogP contribution in [0.15, 0.2) is 53.6 Å². The third-order valence-electron chi connectivity index (χ3n) is 2.18. The van der Waals surface area contributed by atoms with Gasteiger partial charge in [-0.15, -0.1) is 18.3 Å². The third kappa shape index (κ3) is 3.24. The van der Waals surface area contributed by atoms with Gasteiger partial charge >= 0.3 is 0 Å². The van der Waals surface area contributed by atoms with E-state index in [9.17, 15) is 0 Å². The molecule has 1 heterocycles. The van der Waals surface area contributed by atoms with Gasteiger partial charge in [-0.1, -0.05) is 30.9 Å². The van der Waals surface area contributed by atoms with Gasteiger partial charge in [-0.3, -0.25) is 4.99 Å². The predicted molar refractivity (Wildman–Crippen MR) is 71.6 cm³/mol. The van der Waals surface area contributed by atoms with E-state index >= 15 is 0 Å². The van der Waals surface area contributed by atoms with Crippen LogP contribution in [0, 0.1) is 0 Å². The normalized spacial score (nSPS) is 21.5. The Morgan fingerprint density at radius 1 is 1.47 bits per heavy atom. The molecule has 0 aromatic rings. The van der Waals surface area contributed by atoms with Crippen molar-refractivity contribution in [2.75, 3.05) is 12.3 Å². The van der Waals surface area contributed by atoms with Gasteiger partial charge in [0.1, 0.15) is 0 Å². The molecule has 0 unspecified atom stereocenters. The first-order valence-corrected chi connectivity index (χ1v) is 6.08. The summed E-state index contributed by atoms with van der Waals surface area (Å²) < 4.78 is 0. The minimum absolute atomic E-state index is 0.896. The summed E-state index contributed by atoms with van der Waals surface area (Å²) in [5.41, 5.74) is 2.60. The highest BCUT2D eigenvalue weighted by molar-refractivity contribution is 8.14. The number of nitrogens with zero attached hydrogens (tertiary/aromatic N) is 1. The molecule has 1 aliphatic heterocycles. The summed E-state index contributed by atoms with van der Waals surface area (Å²) in [6.45, 7) is 10.4. The van der Waals surface area contributed by atoms with Crippen molar-refractivity contribution in [2.24, 2.45) is 4.99 Å². The highest BCUT2D eigenvalue weighted by Crippen LogP contribution is 2.26. The van der Waals surface area contributed by atoms with Crippen molar-refractivity contribution < 1.29 is 0 Å². The van der Waals surface area contributed by atoms with E-state index in [1.165, 1.54) is 11.1 Å². The number of hydrogen-bond donors (Lipinski definition) is 0. The monoisotopic (exact) mass is 219 g/mol. The molecule has 80 valence electrons. The fraction of sp³-hybridized carbons (Fsp3) is 0.308. The van der Waals surface area contributed by atoms with Crippen LogP contribution in [0.3, 0.4) is 0 Å². The number of rotatable bonds is 3. The van der Waals surface area contributed by atoms with Crippen LogP contribution >= 0.6 is 11.8 Å². The van der Waals surface area contributed by atoms with Crippen LogP contribution in [-0.4, -0.2) is 17.3 Å². The zero-order valence-electron chi connectivity index (χ0n) is 9.20. The second-order valence-corrected chi connectivity index (χ2v) is 4.18. The van der Waals surface area contributed by atoms with Crippen LogP contribution in [0.1, 0.15) is 13.3 Å². The molecule has 2 heteroatoms. The molecular formula is C13H17NS. The van der Waals surface area contributed by atoms with Crippen molar-refractivity contribution in [3.05, 3.63) is 48.6 Å². The molecule has 0 fully saturated rings. The van der Waals surface area contributed by atoms with Gasteiger partial charge < -0.3 is 0 Å². The van der Waals surface area contributed by atoms with E-state index in [1.807, 2.05) is 18.2 Å². The Bertz CT molecular complexity index is 334. The maximum atomic E-state index is 4.54. The van der Waals surface area contributed by atoms with Crippen molar-refractivity contribution in [3.63, 3.8) is 0 Å². The molecule has 0 aromatic carbocycles. The summed E-state index contributed by atoms with van der Waals surface area (Å²) in [6, 6.07) is 0. The Kier molecular flexibility index (Phi) is 5.19. The van der Waals surface area contributed by atoms with E-state index in [2.05, 4.69) is 31.2 Å². The van der Waals surface area contributed by atoms with Crippen LogP contribution in [0.4, 0.5) is 0 Å². The van der Waals surface area contributed by atoms with Gasteiger partial charge in [0.05, 0.1) is 5.04 Å². The molecule has 0 atom stereocenters. The van der Waals surface area contributed by atoms with E-state index in [1.54, 1.807) is 11.8 Å². The minimum atomic E-state index is 0.896. The maximum Gasteiger partial charge on any atom is 0.0982 e. The number of hydrogen-bond acceptors (Lipinski definition) is 2. The topological polar surface area (TPSA) is 12.4 Å². The second kappa shape index (κ2) is 6.46. The Labute approximate surface area is 96.4 Å². The summed E-state index contributed by atoms with van der Waals surface area (Å²) in [5, 5.41) is 1.12. The van der Waals surface area contributed by atoms with Gasteiger partial charge in [0.2, 0.25) is 0 Å². The maximum absolute atomic E-state index is 4.54. The Hall–Kier alpha value is -1.02. The Morgan fingerprint density at radius 3 is 2.87 bits per heavy atom. The number of aliphatic imine (C=N–C) groups is 1. The third-order valence-corrected chi connectivity index (χ3v) is 3.21. The average Bonchev–Trinajstić information content (AvgIpc) is 2.28. The second-order valence-electron chi connectivity index (χ2n) is 3.17. The van der Waals surface area contributed by atoms with Crippen molar-refractivity contribution >= 4 is 16.8 Å². The predicted octanol–water partition coefficient (Wildman–Crippen LogP) is 3.77. The largest absolute Gasteiger partial charge is 0.277 e. The van der Waals surface area contributed by atoms with E-state index in [4.69, 9.17) is 0 Å². The van der Waals surface area contributed by atoms with Crippen molar-refractivity contribution in [3.8, 4) is 0 Å². The van der Waals surface area contributed by atoms with Crippen LogP contribution in [-0.2, 0) is 0 Å². The van der Waals surface area contributed by atoms with Gasteiger partial charge in [-0.2, -0.15) is 0 Å². The van der Waals surface area contributed by atoms with E-state index in [-0.39, 0.29) is 0 Å². The molecule has 1 aliphatic rings. The van der Waals surface area contributed by atoms with Gasteiger partial charge in [-0.05, 0) is 18.9 Å². The summed E-state index contributed by atoms with van der Waals surface area (Å²) in [5.74, 6) is 0.907. The lowest BCUT2D eigenvalue weighted by molar-refractivity contribution is 0.945. The Morgan fingerprint density at radius 2 is 2.27 bits per heavy atom. The first kappa shape index (κ1) is 12.1. The molecule has 0 bridgehead atoms. The van der Waals surface area contributed by atoms with Gasteiger partial charge in [0.15, 0.2) is 0 Å². The number of allylic oxidation sites excluding steroid dienone is 3. The molecule has 1 nitrogen and oxygen atoms in total. The highest BCUT2D eigenvalue weighted by atomic mass is 32.2. The minimum Gasteiger partial charge on any atom is -0.277 e. The Balaban J connectivity index is 2.92. The molecule has 0 N–H and O–H groups in total. The molecule has 0 spiro atoms. The summed E-state index contributed by atoms with van der Waals surface area (Å²) >= 11 is 1.74. The zero-order chi connectivity index (χ0) is 11.1. The van der Waals surface area contributed by atoms with Crippen LogP contribution < -0.4 is 0 Å².